The Morgan fingerprint density at radius 1 is 1.06 bits per heavy atom. The van der Waals surface area contributed by atoms with Gasteiger partial charge >= 0.3 is 0 Å². The summed E-state index contributed by atoms with van der Waals surface area (Å²) in [5.41, 5.74) is -0.577. The molecule has 2 aromatic rings. The Bertz CT molecular complexity index is 1460. The summed E-state index contributed by atoms with van der Waals surface area (Å²) in [6.07, 6.45) is 4.81. The van der Waals surface area contributed by atoms with E-state index in [2.05, 4.69) is 13.2 Å². The SMILES string of the molecule is C=CCN(Cc1ccccc1)C(=O)C1N([C@@H](CO)CC(C)C)C(=O)[C@@H]2[C@H](C(=O)N(CC=C)c3ccc(OCC)cc3)[C@]3(C)CCC12O3. The highest BCUT2D eigenvalue weighted by Gasteiger charge is 2.79. The standard InChI is InChI=1S/C38H49N3O6/c1-7-21-39(24-27-13-11-10-12-14-27)36(45)33-38-20-19-37(6,47-38)31(32(38)35(44)41(33)29(25-42)23-26(4)5)34(43)40(22-8-2)28-15-17-30(18-16-28)46-9-3/h7-8,10-18,26,29,31-33,42H,1-2,9,19-25H2,3-6H3/t29-,31-,32+,33?,37+,38?/m1/s1. The number of anilines is 1. The number of carbonyl (C=O) groups is 3. The van der Waals surface area contributed by atoms with E-state index in [0.717, 1.165) is 5.56 Å². The summed E-state index contributed by atoms with van der Waals surface area (Å²) in [5.74, 6) is -1.71. The zero-order valence-electron chi connectivity index (χ0n) is 28.1. The maximum Gasteiger partial charge on any atom is 0.249 e. The minimum absolute atomic E-state index is 0.150. The van der Waals surface area contributed by atoms with Gasteiger partial charge in [-0.3, -0.25) is 14.4 Å². The maximum atomic E-state index is 14.9. The van der Waals surface area contributed by atoms with E-state index in [1.807, 2.05) is 82.3 Å². The second kappa shape index (κ2) is 14.0. The van der Waals surface area contributed by atoms with Gasteiger partial charge in [-0.2, -0.15) is 0 Å². The lowest BCUT2D eigenvalue weighted by Gasteiger charge is -2.40. The number of aliphatic hydroxyl groups is 1. The van der Waals surface area contributed by atoms with Crippen molar-refractivity contribution in [1.29, 1.82) is 0 Å². The Labute approximate surface area is 278 Å². The molecule has 2 aromatic carbocycles. The van der Waals surface area contributed by atoms with Crippen molar-refractivity contribution in [3.63, 3.8) is 0 Å². The first-order valence-corrected chi connectivity index (χ1v) is 16.8. The second-order valence-electron chi connectivity index (χ2n) is 13.6. The van der Waals surface area contributed by atoms with Gasteiger partial charge in [0.2, 0.25) is 17.7 Å². The first-order chi connectivity index (χ1) is 22.5. The highest BCUT2D eigenvalue weighted by molar-refractivity contribution is 6.03. The van der Waals surface area contributed by atoms with Crippen molar-refractivity contribution in [2.45, 2.75) is 76.8 Å². The topological polar surface area (TPSA) is 99.6 Å². The van der Waals surface area contributed by atoms with E-state index in [1.54, 1.807) is 26.9 Å². The molecular formula is C38H49N3O6. The molecule has 1 spiro atoms. The van der Waals surface area contributed by atoms with Crippen LogP contribution < -0.4 is 9.64 Å². The molecule has 2 bridgehead atoms. The minimum Gasteiger partial charge on any atom is -0.494 e. The molecule has 1 N–H and O–H groups in total. The number of aliphatic hydroxyl groups excluding tert-OH is 1. The number of likely N-dealkylation sites (tertiary alicyclic amines) is 1. The van der Waals surface area contributed by atoms with Crippen molar-refractivity contribution in [3.05, 3.63) is 85.5 Å². The van der Waals surface area contributed by atoms with Crippen LogP contribution in [-0.2, 0) is 25.7 Å². The number of fused-ring (bicyclic) bond motifs is 1. The second-order valence-corrected chi connectivity index (χ2v) is 13.6. The van der Waals surface area contributed by atoms with Crippen LogP contribution in [-0.4, -0.2) is 82.2 Å². The first-order valence-electron chi connectivity index (χ1n) is 16.8. The highest BCUT2D eigenvalue weighted by atomic mass is 16.5. The van der Waals surface area contributed by atoms with Crippen molar-refractivity contribution in [3.8, 4) is 5.75 Å². The van der Waals surface area contributed by atoms with Gasteiger partial charge in [0.25, 0.3) is 0 Å². The van der Waals surface area contributed by atoms with Gasteiger partial charge in [0.1, 0.15) is 17.4 Å². The summed E-state index contributed by atoms with van der Waals surface area (Å²) in [6.45, 7) is 16.7. The molecule has 47 heavy (non-hydrogen) atoms. The average molecular weight is 644 g/mol. The molecule has 3 saturated heterocycles. The van der Waals surface area contributed by atoms with Crippen LogP contribution in [0, 0.1) is 17.8 Å². The van der Waals surface area contributed by atoms with Gasteiger partial charge in [-0.05, 0) is 68.9 Å². The van der Waals surface area contributed by atoms with Crippen LogP contribution >= 0.6 is 0 Å². The average Bonchev–Trinajstić information content (AvgIpc) is 3.63. The zero-order chi connectivity index (χ0) is 33.9. The summed E-state index contributed by atoms with van der Waals surface area (Å²) in [6, 6.07) is 15.4. The fourth-order valence-electron chi connectivity index (χ4n) is 8.11. The van der Waals surface area contributed by atoms with Crippen LogP contribution in [0.15, 0.2) is 79.9 Å². The number of benzene rings is 2. The number of hydrogen-bond acceptors (Lipinski definition) is 6. The molecular weight excluding hydrogens is 594 g/mol. The van der Waals surface area contributed by atoms with Crippen LogP contribution in [0.4, 0.5) is 5.69 Å². The molecule has 3 amide bonds. The summed E-state index contributed by atoms with van der Waals surface area (Å²) in [4.78, 5) is 49.3. The van der Waals surface area contributed by atoms with Gasteiger partial charge in [0, 0.05) is 25.3 Å². The van der Waals surface area contributed by atoms with Gasteiger partial charge in [0.05, 0.1) is 36.7 Å². The monoisotopic (exact) mass is 643 g/mol. The summed E-state index contributed by atoms with van der Waals surface area (Å²) in [5, 5.41) is 10.7. The third kappa shape index (κ3) is 6.23. The quantitative estimate of drug-likeness (QED) is 0.275. The summed E-state index contributed by atoms with van der Waals surface area (Å²) in [7, 11) is 0. The molecule has 3 aliphatic heterocycles. The number of hydrogen-bond donors (Lipinski definition) is 1. The molecule has 9 nitrogen and oxygen atoms in total. The molecule has 3 aliphatic rings. The zero-order valence-corrected chi connectivity index (χ0v) is 28.1. The van der Waals surface area contributed by atoms with Gasteiger partial charge in [-0.15, -0.1) is 13.2 Å². The van der Waals surface area contributed by atoms with Crippen molar-refractivity contribution in [2.24, 2.45) is 17.8 Å². The third-order valence-corrected chi connectivity index (χ3v) is 9.98. The number of rotatable bonds is 15. The van der Waals surface area contributed by atoms with Crippen LogP contribution in [0.3, 0.4) is 0 Å². The van der Waals surface area contributed by atoms with Crippen LogP contribution in [0.1, 0.15) is 52.5 Å². The fourth-order valence-corrected chi connectivity index (χ4v) is 8.11. The number of ether oxygens (including phenoxy) is 2. The molecule has 0 aliphatic carbocycles. The van der Waals surface area contributed by atoms with E-state index in [1.165, 1.54) is 0 Å². The maximum absolute atomic E-state index is 14.9. The molecule has 0 aromatic heterocycles. The van der Waals surface area contributed by atoms with Gasteiger partial charge in [-0.1, -0.05) is 56.3 Å². The van der Waals surface area contributed by atoms with E-state index in [-0.39, 0.29) is 43.3 Å². The minimum atomic E-state index is -1.22. The molecule has 6 atom stereocenters. The van der Waals surface area contributed by atoms with E-state index >= 15 is 0 Å². The molecule has 252 valence electrons. The summed E-state index contributed by atoms with van der Waals surface area (Å²) < 4.78 is 12.5. The van der Waals surface area contributed by atoms with Crippen LogP contribution in [0.5, 0.6) is 5.75 Å². The summed E-state index contributed by atoms with van der Waals surface area (Å²) >= 11 is 0. The van der Waals surface area contributed by atoms with E-state index in [9.17, 15) is 19.5 Å². The molecule has 2 unspecified atom stereocenters. The largest absolute Gasteiger partial charge is 0.494 e. The van der Waals surface area contributed by atoms with Crippen molar-refractivity contribution >= 4 is 23.4 Å². The predicted molar refractivity (Wildman–Crippen MR) is 182 cm³/mol. The molecule has 0 saturated carbocycles. The molecule has 0 radical (unpaired) electrons. The number of nitrogens with zero attached hydrogens (tertiary/aromatic N) is 3. The van der Waals surface area contributed by atoms with Gasteiger partial charge in [-0.25, -0.2) is 0 Å². The Balaban J connectivity index is 1.58. The van der Waals surface area contributed by atoms with E-state index in [0.29, 0.717) is 43.9 Å². The molecule has 5 rings (SSSR count). The normalized spacial score (nSPS) is 26.6. The molecule has 9 heteroatoms. The molecule has 3 heterocycles. The lowest BCUT2D eigenvalue weighted by molar-refractivity contribution is -0.155. The van der Waals surface area contributed by atoms with Gasteiger partial charge in [0.15, 0.2) is 0 Å². The van der Waals surface area contributed by atoms with Crippen molar-refractivity contribution in [2.75, 3.05) is 31.2 Å². The molecule has 3 fully saturated rings. The number of amides is 3. The highest BCUT2D eigenvalue weighted by Crippen LogP contribution is 2.64. The van der Waals surface area contributed by atoms with E-state index < -0.39 is 35.1 Å². The lowest BCUT2D eigenvalue weighted by atomic mass is 9.66. The van der Waals surface area contributed by atoms with Crippen LogP contribution in [0.25, 0.3) is 0 Å². The Morgan fingerprint density at radius 3 is 2.34 bits per heavy atom. The third-order valence-electron chi connectivity index (χ3n) is 9.98. The fraction of sp³-hybridized carbons (Fsp3) is 0.500. The first kappa shape index (κ1) is 34.4. The Hall–Kier alpha value is -3.95. The van der Waals surface area contributed by atoms with Crippen molar-refractivity contribution < 1.29 is 29.0 Å². The van der Waals surface area contributed by atoms with E-state index in [4.69, 9.17) is 9.47 Å². The van der Waals surface area contributed by atoms with Crippen molar-refractivity contribution in [1.82, 2.24) is 9.80 Å². The Morgan fingerprint density at radius 2 is 1.74 bits per heavy atom. The Kier molecular flexibility index (Phi) is 10.3. The predicted octanol–water partition coefficient (Wildman–Crippen LogP) is 4.99. The lowest BCUT2D eigenvalue weighted by Crippen LogP contribution is -2.58. The van der Waals surface area contributed by atoms with Gasteiger partial charge < -0.3 is 29.3 Å². The van der Waals surface area contributed by atoms with Crippen LogP contribution in [0.2, 0.25) is 0 Å². The smallest absolute Gasteiger partial charge is 0.249 e. The number of carbonyl (C=O) groups excluding carboxylic acids is 3.